The van der Waals surface area contributed by atoms with E-state index in [1.54, 1.807) is 26.4 Å². The molecule has 6 rings (SSSR count). The smallest absolute Gasteiger partial charge is 0.231 e. The predicted octanol–water partition coefficient (Wildman–Crippen LogP) is 1.52. The molecule has 3 heterocycles. The van der Waals surface area contributed by atoms with Gasteiger partial charge in [0, 0.05) is 11.8 Å². The molecule has 0 atom stereocenters. The summed E-state index contributed by atoms with van der Waals surface area (Å²) in [6.07, 6.45) is 3.03. The first kappa shape index (κ1) is 24.5. The zero-order valence-corrected chi connectivity index (χ0v) is 22.2. The number of methoxy groups -OCH3 is 2. The van der Waals surface area contributed by atoms with Crippen LogP contribution in [0.5, 0.6) is 28.7 Å². The molecule has 8 heteroatoms. The molecule has 0 spiro atoms. The molecule has 0 amide bonds. The van der Waals surface area contributed by atoms with E-state index in [-0.39, 0.29) is 36.5 Å². The van der Waals surface area contributed by atoms with E-state index < -0.39 is 0 Å². The van der Waals surface area contributed by atoms with Crippen molar-refractivity contribution in [3.05, 3.63) is 71.4 Å². The highest BCUT2D eigenvalue weighted by Crippen LogP contribution is 2.43. The highest BCUT2D eigenvalue weighted by molar-refractivity contribution is 5.95. The highest BCUT2D eigenvalue weighted by Gasteiger charge is 2.32. The van der Waals surface area contributed by atoms with E-state index in [1.165, 1.54) is 5.56 Å². The van der Waals surface area contributed by atoms with Crippen LogP contribution in [0, 0.1) is 0 Å². The Labute approximate surface area is 226 Å². The van der Waals surface area contributed by atoms with Gasteiger partial charge in [0.05, 0.1) is 43.9 Å². The molecule has 0 bridgehead atoms. The molecule has 2 aliphatic heterocycles. The van der Waals surface area contributed by atoms with Gasteiger partial charge in [-0.2, -0.15) is 4.57 Å². The number of phenols is 1. The summed E-state index contributed by atoms with van der Waals surface area (Å²) in [6, 6.07) is 15.3. The van der Waals surface area contributed by atoms with Crippen LogP contribution in [-0.4, -0.2) is 26.1 Å². The van der Waals surface area contributed by atoms with Crippen LogP contribution in [0.3, 0.4) is 0 Å². The van der Waals surface area contributed by atoms with E-state index in [0.29, 0.717) is 24.7 Å². The van der Waals surface area contributed by atoms with Crippen molar-refractivity contribution in [3.8, 4) is 40.0 Å². The van der Waals surface area contributed by atoms with E-state index in [1.807, 2.05) is 18.2 Å². The van der Waals surface area contributed by atoms with Gasteiger partial charge in [0.25, 0.3) is 0 Å². The molecule has 3 aromatic carbocycles. The monoisotopic (exact) mass is 599 g/mol. The summed E-state index contributed by atoms with van der Waals surface area (Å²) in [6.45, 7) is 1.90. The first-order chi connectivity index (χ1) is 17.2. The second kappa shape index (κ2) is 10.0. The molecule has 0 saturated carbocycles. The third kappa shape index (κ3) is 4.18. The van der Waals surface area contributed by atoms with Gasteiger partial charge in [0.2, 0.25) is 12.5 Å². The number of pyridine rings is 1. The van der Waals surface area contributed by atoms with Crippen LogP contribution in [0.1, 0.15) is 16.7 Å². The fraction of sp³-hybridized carbons (Fsp3) is 0.250. The van der Waals surface area contributed by atoms with Crippen molar-refractivity contribution < 1.29 is 57.3 Å². The van der Waals surface area contributed by atoms with E-state index in [2.05, 4.69) is 29.0 Å². The minimum Gasteiger partial charge on any atom is -1.00 e. The lowest BCUT2D eigenvalue weighted by molar-refractivity contribution is -0.686. The number of halogens is 1. The molecule has 0 fully saturated rings. The number of hydrogen-bond acceptors (Lipinski definition) is 6. The maximum atomic E-state index is 9.58. The Bertz CT molecular complexity index is 1440. The number of nitrogens with zero attached hydrogens (tertiary/aromatic N) is 1. The molecule has 1 aromatic heterocycles. The second-order valence-corrected chi connectivity index (χ2v) is 8.68. The topological polar surface area (TPSA) is 70.3 Å². The molecule has 186 valence electrons. The van der Waals surface area contributed by atoms with Gasteiger partial charge in [0.15, 0.2) is 35.7 Å². The molecule has 0 unspecified atom stereocenters. The van der Waals surface area contributed by atoms with Crippen molar-refractivity contribution in [2.45, 2.75) is 26.2 Å². The molecule has 0 saturated heterocycles. The van der Waals surface area contributed by atoms with Crippen LogP contribution in [0.2, 0.25) is 0 Å². The molecule has 2 aliphatic rings. The molecule has 7 nitrogen and oxygen atoms in total. The normalized spacial score (nSPS) is 13.1. The van der Waals surface area contributed by atoms with E-state index in [4.69, 9.17) is 23.7 Å². The fourth-order valence-corrected chi connectivity index (χ4v) is 5.02. The Morgan fingerprint density at radius 1 is 0.917 bits per heavy atom. The maximum Gasteiger partial charge on any atom is 0.231 e. The zero-order valence-electron chi connectivity index (χ0n) is 20.0. The molecule has 1 N–H and O–H groups in total. The van der Waals surface area contributed by atoms with Crippen molar-refractivity contribution in [1.29, 1.82) is 0 Å². The molecule has 0 radical (unpaired) electrons. The summed E-state index contributed by atoms with van der Waals surface area (Å²) in [5, 5.41) is 11.6. The van der Waals surface area contributed by atoms with Crippen molar-refractivity contribution >= 4 is 10.8 Å². The SMILES string of the molecule is COc1ccc2c(COCc3ccc(O)cc3)c3[n+](cc2c1OC)CCc1cc2c(cc1-3)OCO2.[I-]. The van der Waals surface area contributed by atoms with Crippen LogP contribution in [-0.2, 0) is 30.9 Å². The Balaban J connectivity index is 0.00000267. The summed E-state index contributed by atoms with van der Waals surface area (Å²) >= 11 is 0. The number of benzene rings is 3. The Kier molecular flexibility index (Phi) is 6.81. The molecular weight excluding hydrogens is 573 g/mol. The van der Waals surface area contributed by atoms with Crippen LogP contribution < -0.4 is 47.5 Å². The fourth-order valence-electron chi connectivity index (χ4n) is 5.02. The first-order valence-corrected chi connectivity index (χ1v) is 11.5. The average molecular weight is 599 g/mol. The van der Waals surface area contributed by atoms with E-state index in [9.17, 15) is 5.11 Å². The number of aryl methyl sites for hydroxylation is 2. The lowest BCUT2D eigenvalue weighted by atomic mass is 9.91. The number of rotatable bonds is 6. The summed E-state index contributed by atoms with van der Waals surface area (Å²) in [5.41, 5.74) is 5.53. The summed E-state index contributed by atoms with van der Waals surface area (Å²) < 4.78 is 31.2. The number of ether oxygens (including phenoxy) is 5. The lowest BCUT2D eigenvalue weighted by Crippen LogP contribution is -3.00. The predicted molar refractivity (Wildman–Crippen MR) is 129 cm³/mol. The zero-order chi connectivity index (χ0) is 23.9. The average Bonchev–Trinajstić information content (AvgIpc) is 3.34. The second-order valence-electron chi connectivity index (χ2n) is 8.68. The lowest BCUT2D eigenvalue weighted by Gasteiger charge is -2.21. The van der Waals surface area contributed by atoms with Crippen LogP contribution in [0.25, 0.3) is 22.0 Å². The summed E-state index contributed by atoms with van der Waals surface area (Å²) in [7, 11) is 3.31. The minimum absolute atomic E-state index is 0. The Morgan fingerprint density at radius 2 is 1.69 bits per heavy atom. The quantitative estimate of drug-likeness (QED) is 0.268. The third-order valence-corrected chi connectivity index (χ3v) is 6.69. The number of phenolic OH excluding ortho intramolecular Hbond substituents is 1. The standard InChI is InChI=1S/C28H25NO6.HI/c1-31-24-8-7-20-22(28(24)32-2)13-29-10-9-18-11-25-26(35-16-34-25)12-21(18)27(29)23(20)15-33-14-17-3-5-19(30)6-4-17;/h3-8,11-13H,9-10,14-16H2,1-2H3;1H. The summed E-state index contributed by atoms with van der Waals surface area (Å²) in [5.74, 6) is 3.20. The molecule has 0 aliphatic carbocycles. The minimum atomic E-state index is 0. The highest BCUT2D eigenvalue weighted by atomic mass is 127. The Morgan fingerprint density at radius 3 is 2.44 bits per heavy atom. The first-order valence-electron chi connectivity index (χ1n) is 11.5. The summed E-state index contributed by atoms with van der Waals surface area (Å²) in [4.78, 5) is 0. The number of hydrogen-bond donors (Lipinski definition) is 1. The van der Waals surface area contributed by atoms with Crippen molar-refractivity contribution in [2.75, 3.05) is 21.0 Å². The molecule has 4 aromatic rings. The Hall–Kier alpha value is -3.24. The maximum absolute atomic E-state index is 9.58. The number of aromatic nitrogens is 1. The number of fused-ring (bicyclic) bond motifs is 5. The van der Waals surface area contributed by atoms with E-state index >= 15 is 0 Å². The number of aromatic hydroxyl groups is 1. The van der Waals surface area contributed by atoms with Crippen molar-refractivity contribution in [1.82, 2.24) is 0 Å². The van der Waals surface area contributed by atoms with Gasteiger partial charge in [-0.25, -0.2) is 0 Å². The molecule has 36 heavy (non-hydrogen) atoms. The van der Waals surface area contributed by atoms with Gasteiger partial charge in [-0.1, -0.05) is 12.1 Å². The van der Waals surface area contributed by atoms with Gasteiger partial charge in [0.1, 0.15) is 5.75 Å². The van der Waals surface area contributed by atoms with Crippen molar-refractivity contribution in [3.63, 3.8) is 0 Å². The van der Waals surface area contributed by atoms with Gasteiger partial charge >= 0.3 is 0 Å². The van der Waals surface area contributed by atoms with Gasteiger partial charge in [-0.3, -0.25) is 0 Å². The molecular formula is C28H26INO6. The van der Waals surface area contributed by atoms with Gasteiger partial charge < -0.3 is 52.8 Å². The van der Waals surface area contributed by atoms with Gasteiger partial charge in [-0.05, 0) is 47.5 Å². The van der Waals surface area contributed by atoms with E-state index in [0.717, 1.165) is 57.6 Å². The van der Waals surface area contributed by atoms with Crippen LogP contribution >= 0.6 is 0 Å². The largest absolute Gasteiger partial charge is 1.00 e. The van der Waals surface area contributed by atoms with Gasteiger partial charge in [-0.15, -0.1) is 0 Å². The van der Waals surface area contributed by atoms with Crippen molar-refractivity contribution in [2.24, 2.45) is 0 Å². The van der Waals surface area contributed by atoms with Crippen LogP contribution in [0.15, 0.2) is 54.7 Å². The van der Waals surface area contributed by atoms with Crippen LogP contribution in [0.4, 0.5) is 0 Å². The third-order valence-electron chi connectivity index (χ3n) is 6.69.